The van der Waals surface area contributed by atoms with E-state index < -0.39 is 0 Å². The van der Waals surface area contributed by atoms with Crippen molar-refractivity contribution in [1.29, 1.82) is 0 Å². The molecule has 0 aliphatic rings. The predicted molar refractivity (Wildman–Crippen MR) is 77.2 cm³/mol. The summed E-state index contributed by atoms with van der Waals surface area (Å²) in [5.41, 5.74) is 0.727. The molecule has 112 valence electrons. The first-order chi connectivity index (χ1) is 9.58. The lowest BCUT2D eigenvalue weighted by molar-refractivity contribution is -0.131. The number of nitrogens with zero attached hydrogens (tertiary/aromatic N) is 1. The Morgan fingerprint density at radius 3 is 2.80 bits per heavy atom. The van der Waals surface area contributed by atoms with Crippen molar-refractivity contribution in [2.24, 2.45) is 0 Å². The van der Waals surface area contributed by atoms with E-state index in [0.29, 0.717) is 18.8 Å². The molecule has 0 saturated heterocycles. The van der Waals surface area contributed by atoms with Crippen LogP contribution in [0.5, 0.6) is 5.75 Å². The Hall–Kier alpha value is -1.62. The number of carbonyl (C=O) groups excluding carboxylic acids is 1. The van der Waals surface area contributed by atoms with Crippen molar-refractivity contribution in [2.75, 3.05) is 26.7 Å². The van der Waals surface area contributed by atoms with Crippen LogP contribution >= 0.6 is 0 Å². The molecule has 1 N–H and O–H groups in total. The van der Waals surface area contributed by atoms with Gasteiger partial charge < -0.3 is 15.0 Å². The molecule has 0 aliphatic heterocycles. The number of amides is 1. The number of rotatable bonds is 8. The highest BCUT2D eigenvalue weighted by Crippen LogP contribution is 2.19. The van der Waals surface area contributed by atoms with Gasteiger partial charge in [-0.3, -0.25) is 4.79 Å². The Kier molecular flexibility index (Phi) is 7.01. The first kappa shape index (κ1) is 16.4. The maximum absolute atomic E-state index is 13.3. The van der Waals surface area contributed by atoms with Crippen LogP contribution in [0.3, 0.4) is 0 Å². The van der Waals surface area contributed by atoms with Crippen molar-refractivity contribution in [3.8, 4) is 5.75 Å². The average molecular weight is 282 g/mol. The van der Waals surface area contributed by atoms with Crippen LogP contribution in [0.1, 0.15) is 25.8 Å². The van der Waals surface area contributed by atoms with E-state index in [-0.39, 0.29) is 18.3 Å². The molecule has 4 nitrogen and oxygen atoms in total. The van der Waals surface area contributed by atoms with Crippen LogP contribution in [0.4, 0.5) is 4.39 Å². The van der Waals surface area contributed by atoms with Crippen LogP contribution in [-0.4, -0.2) is 37.6 Å². The summed E-state index contributed by atoms with van der Waals surface area (Å²) in [4.78, 5) is 13.3. The molecular weight excluding hydrogens is 259 g/mol. The molecule has 1 aromatic rings. The Balaban J connectivity index is 2.66. The molecule has 0 bridgehead atoms. The van der Waals surface area contributed by atoms with Crippen LogP contribution in [0.15, 0.2) is 18.2 Å². The van der Waals surface area contributed by atoms with Gasteiger partial charge in [-0.2, -0.15) is 0 Å². The first-order valence-electron chi connectivity index (χ1n) is 6.94. The third kappa shape index (κ3) is 5.17. The Labute approximate surface area is 119 Å². The number of halogens is 1. The molecule has 0 atom stereocenters. The normalized spacial score (nSPS) is 10.4. The highest BCUT2D eigenvalue weighted by molar-refractivity contribution is 5.77. The van der Waals surface area contributed by atoms with Gasteiger partial charge in [0, 0.05) is 25.7 Å². The van der Waals surface area contributed by atoms with Gasteiger partial charge in [0.25, 0.3) is 5.91 Å². The van der Waals surface area contributed by atoms with E-state index in [9.17, 15) is 9.18 Å². The summed E-state index contributed by atoms with van der Waals surface area (Å²) in [5, 5.41) is 3.20. The molecule has 1 amide bonds. The fourth-order valence-corrected chi connectivity index (χ4v) is 1.65. The molecule has 5 heteroatoms. The molecule has 0 heterocycles. The number of benzene rings is 1. The zero-order chi connectivity index (χ0) is 15.0. The van der Waals surface area contributed by atoms with E-state index in [4.69, 9.17) is 4.74 Å². The van der Waals surface area contributed by atoms with Crippen LogP contribution in [-0.2, 0) is 11.3 Å². The number of carbonyl (C=O) groups is 1. The molecule has 1 rings (SSSR count). The van der Waals surface area contributed by atoms with Crippen molar-refractivity contribution >= 4 is 5.91 Å². The van der Waals surface area contributed by atoms with Crippen LogP contribution < -0.4 is 10.1 Å². The van der Waals surface area contributed by atoms with Crippen molar-refractivity contribution in [1.82, 2.24) is 10.2 Å². The maximum Gasteiger partial charge on any atom is 0.260 e. The monoisotopic (exact) mass is 282 g/mol. The molecular formula is C15H23FN2O2. The van der Waals surface area contributed by atoms with Crippen molar-refractivity contribution < 1.29 is 13.9 Å². The third-order valence-corrected chi connectivity index (χ3v) is 3.02. The summed E-state index contributed by atoms with van der Waals surface area (Å²) in [7, 11) is 1.72. The van der Waals surface area contributed by atoms with Gasteiger partial charge in [-0.05, 0) is 38.1 Å². The second-order valence-electron chi connectivity index (χ2n) is 4.63. The molecule has 1 aromatic carbocycles. The van der Waals surface area contributed by atoms with Crippen LogP contribution in [0.2, 0.25) is 0 Å². The van der Waals surface area contributed by atoms with Crippen molar-refractivity contribution in [2.45, 2.75) is 26.8 Å². The average Bonchev–Trinajstić information content (AvgIpc) is 2.45. The molecule has 0 aromatic heterocycles. The minimum absolute atomic E-state index is 0.0310. The molecule has 20 heavy (non-hydrogen) atoms. The predicted octanol–water partition coefficient (Wildman–Crippen LogP) is 2.18. The Morgan fingerprint density at radius 1 is 1.40 bits per heavy atom. The van der Waals surface area contributed by atoms with E-state index >= 15 is 0 Å². The van der Waals surface area contributed by atoms with Gasteiger partial charge in [0.15, 0.2) is 6.61 Å². The SMILES string of the molecule is CCCNCc1cc(F)ccc1OCC(=O)N(C)CC. The van der Waals surface area contributed by atoms with Gasteiger partial charge in [-0.15, -0.1) is 0 Å². The molecule has 0 unspecified atom stereocenters. The second kappa shape index (κ2) is 8.53. The molecule has 0 spiro atoms. The van der Waals surface area contributed by atoms with E-state index in [0.717, 1.165) is 18.5 Å². The number of hydrogen-bond donors (Lipinski definition) is 1. The lowest BCUT2D eigenvalue weighted by Crippen LogP contribution is -2.31. The van der Waals surface area contributed by atoms with Crippen molar-refractivity contribution in [3.63, 3.8) is 0 Å². The number of ether oxygens (including phenoxy) is 1. The molecule has 0 saturated carbocycles. The topological polar surface area (TPSA) is 41.6 Å². The van der Waals surface area contributed by atoms with Crippen LogP contribution in [0, 0.1) is 5.82 Å². The smallest absolute Gasteiger partial charge is 0.260 e. The van der Waals surface area contributed by atoms with E-state index in [1.54, 1.807) is 18.0 Å². The van der Waals surface area contributed by atoms with E-state index in [1.807, 2.05) is 6.92 Å². The van der Waals surface area contributed by atoms with Crippen molar-refractivity contribution in [3.05, 3.63) is 29.6 Å². The minimum atomic E-state index is -0.303. The maximum atomic E-state index is 13.3. The van der Waals surface area contributed by atoms with Crippen LogP contribution in [0.25, 0.3) is 0 Å². The van der Waals surface area contributed by atoms with Gasteiger partial charge in [-0.25, -0.2) is 4.39 Å². The van der Waals surface area contributed by atoms with Gasteiger partial charge in [0.05, 0.1) is 0 Å². The van der Waals surface area contributed by atoms with E-state index in [1.165, 1.54) is 12.1 Å². The molecule has 0 radical (unpaired) electrons. The number of hydrogen-bond acceptors (Lipinski definition) is 3. The number of likely N-dealkylation sites (N-methyl/N-ethyl adjacent to an activating group) is 1. The highest BCUT2D eigenvalue weighted by Gasteiger charge is 2.10. The van der Waals surface area contributed by atoms with Gasteiger partial charge in [0.2, 0.25) is 0 Å². The summed E-state index contributed by atoms with van der Waals surface area (Å²) < 4.78 is 18.8. The lowest BCUT2D eigenvalue weighted by Gasteiger charge is -2.16. The number of nitrogens with one attached hydrogen (secondary N) is 1. The second-order valence-corrected chi connectivity index (χ2v) is 4.63. The fraction of sp³-hybridized carbons (Fsp3) is 0.533. The first-order valence-corrected chi connectivity index (χ1v) is 6.94. The Morgan fingerprint density at radius 2 is 2.15 bits per heavy atom. The quantitative estimate of drug-likeness (QED) is 0.743. The lowest BCUT2D eigenvalue weighted by atomic mass is 10.2. The summed E-state index contributed by atoms with van der Waals surface area (Å²) in [5.74, 6) is 0.153. The summed E-state index contributed by atoms with van der Waals surface area (Å²) in [6.45, 7) is 5.95. The fourth-order valence-electron chi connectivity index (χ4n) is 1.65. The highest BCUT2D eigenvalue weighted by atomic mass is 19.1. The molecule has 0 aliphatic carbocycles. The molecule has 0 fully saturated rings. The summed E-state index contributed by atoms with van der Waals surface area (Å²) >= 11 is 0. The Bertz CT molecular complexity index is 438. The minimum Gasteiger partial charge on any atom is -0.483 e. The van der Waals surface area contributed by atoms with Gasteiger partial charge >= 0.3 is 0 Å². The van der Waals surface area contributed by atoms with Gasteiger partial charge in [-0.1, -0.05) is 6.92 Å². The third-order valence-electron chi connectivity index (χ3n) is 3.02. The van der Waals surface area contributed by atoms with Gasteiger partial charge in [0.1, 0.15) is 11.6 Å². The largest absolute Gasteiger partial charge is 0.483 e. The zero-order valence-corrected chi connectivity index (χ0v) is 12.4. The zero-order valence-electron chi connectivity index (χ0n) is 12.4. The van der Waals surface area contributed by atoms with E-state index in [2.05, 4.69) is 12.2 Å². The summed E-state index contributed by atoms with van der Waals surface area (Å²) in [6, 6.07) is 4.34. The standard InChI is InChI=1S/C15H23FN2O2/c1-4-8-17-10-12-9-13(16)6-7-14(12)20-11-15(19)18(3)5-2/h6-7,9,17H,4-5,8,10-11H2,1-3H3. The summed E-state index contributed by atoms with van der Waals surface area (Å²) in [6.07, 6.45) is 1.01.